The van der Waals surface area contributed by atoms with Crippen LogP contribution in [0.5, 0.6) is 0 Å². The number of aromatic nitrogens is 4. The molecule has 0 aromatic carbocycles. The fourth-order valence-electron chi connectivity index (χ4n) is 1.83. The highest BCUT2D eigenvalue weighted by atomic mass is 16.3. The fraction of sp³-hybridized carbons (Fsp3) is 0.455. The maximum atomic E-state index is 10.1. The summed E-state index contributed by atoms with van der Waals surface area (Å²) in [6.07, 6.45) is 3.71. The van der Waals surface area contributed by atoms with Crippen molar-refractivity contribution in [2.24, 2.45) is 14.1 Å². The number of rotatable bonds is 3. The molecule has 2 aromatic heterocycles. The number of hydrogen-bond acceptors (Lipinski definition) is 3. The Kier molecular flexibility index (Phi) is 2.78. The van der Waals surface area contributed by atoms with Gasteiger partial charge in [0.15, 0.2) is 0 Å². The van der Waals surface area contributed by atoms with Gasteiger partial charge in [-0.1, -0.05) is 0 Å². The summed E-state index contributed by atoms with van der Waals surface area (Å²) in [6, 6.07) is 1.91. The Labute approximate surface area is 94.3 Å². The molecule has 0 amide bonds. The highest BCUT2D eigenvalue weighted by Gasteiger charge is 2.15. The first-order chi connectivity index (χ1) is 7.56. The molecule has 0 aliphatic rings. The topological polar surface area (TPSA) is 55.9 Å². The Morgan fingerprint density at radius 3 is 2.56 bits per heavy atom. The normalized spacial score (nSPS) is 13.0. The summed E-state index contributed by atoms with van der Waals surface area (Å²) in [4.78, 5) is 0. The van der Waals surface area contributed by atoms with E-state index < -0.39 is 6.10 Å². The second-order valence-electron chi connectivity index (χ2n) is 4.04. The van der Waals surface area contributed by atoms with Gasteiger partial charge in [-0.2, -0.15) is 10.2 Å². The molecular formula is C11H16N4O. The predicted molar refractivity (Wildman–Crippen MR) is 59.8 cm³/mol. The van der Waals surface area contributed by atoms with Crippen LogP contribution in [-0.4, -0.2) is 24.7 Å². The summed E-state index contributed by atoms with van der Waals surface area (Å²) in [5.41, 5.74) is 2.62. The molecule has 0 aliphatic carbocycles. The summed E-state index contributed by atoms with van der Waals surface area (Å²) in [5.74, 6) is 0. The van der Waals surface area contributed by atoms with Gasteiger partial charge in [0.1, 0.15) is 0 Å². The van der Waals surface area contributed by atoms with Crippen molar-refractivity contribution in [2.75, 3.05) is 0 Å². The Morgan fingerprint density at radius 2 is 2.06 bits per heavy atom. The van der Waals surface area contributed by atoms with E-state index in [0.29, 0.717) is 6.42 Å². The average molecular weight is 220 g/mol. The van der Waals surface area contributed by atoms with Gasteiger partial charge in [0.25, 0.3) is 0 Å². The molecule has 0 fully saturated rings. The second-order valence-corrected chi connectivity index (χ2v) is 4.04. The molecule has 1 atom stereocenters. The summed E-state index contributed by atoms with van der Waals surface area (Å²) < 4.78 is 3.45. The molecule has 16 heavy (non-hydrogen) atoms. The summed E-state index contributed by atoms with van der Waals surface area (Å²) in [5, 5.41) is 18.5. The Morgan fingerprint density at radius 1 is 1.31 bits per heavy atom. The number of aryl methyl sites for hydroxylation is 3. The molecule has 0 saturated heterocycles. The first-order valence-corrected chi connectivity index (χ1v) is 5.23. The van der Waals surface area contributed by atoms with E-state index in [4.69, 9.17) is 0 Å². The van der Waals surface area contributed by atoms with Crippen LogP contribution in [-0.2, 0) is 20.5 Å². The third-order valence-electron chi connectivity index (χ3n) is 2.58. The van der Waals surface area contributed by atoms with Gasteiger partial charge in [0.05, 0.1) is 17.5 Å². The van der Waals surface area contributed by atoms with Crippen LogP contribution < -0.4 is 0 Å². The standard InChI is InChI=1S/C11H16N4O/c1-8-10(7-15(3)12-8)11(16)6-9-4-5-14(2)13-9/h4-5,7,11,16H,6H2,1-3H3. The zero-order valence-electron chi connectivity index (χ0n) is 9.75. The summed E-state index contributed by atoms with van der Waals surface area (Å²) >= 11 is 0. The number of hydrogen-bond donors (Lipinski definition) is 1. The SMILES string of the molecule is Cc1nn(C)cc1C(O)Cc1ccn(C)n1. The fourth-order valence-corrected chi connectivity index (χ4v) is 1.83. The Bertz CT molecular complexity index is 486. The second kappa shape index (κ2) is 4.09. The van der Waals surface area contributed by atoms with Crippen LogP contribution in [0.1, 0.15) is 23.1 Å². The maximum absolute atomic E-state index is 10.1. The molecule has 0 radical (unpaired) electrons. The van der Waals surface area contributed by atoms with Gasteiger partial charge in [-0.05, 0) is 13.0 Å². The largest absolute Gasteiger partial charge is 0.388 e. The molecule has 2 heterocycles. The van der Waals surface area contributed by atoms with Gasteiger partial charge in [0, 0.05) is 38.5 Å². The van der Waals surface area contributed by atoms with Crippen LogP contribution in [0, 0.1) is 6.92 Å². The van der Waals surface area contributed by atoms with Gasteiger partial charge in [-0.25, -0.2) is 0 Å². The minimum Gasteiger partial charge on any atom is -0.388 e. The quantitative estimate of drug-likeness (QED) is 0.830. The minimum atomic E-state index is -0.538. The molecule has 2 aromatic rings. The minimum absolute atomic E-state index is 0.521. The van der Waals surface area contributed by atoms with Crippen LogP contribution in [0.25, 0.3) is 0 Å². The van der Waals surface area contributed by atoms with Crippen LogP contribution in [0.3, 0.4) is 0 Å². The Hall–Kier alpha value is -1.62. The van der Waals surface area contributed by atoms with E-state index in [9.17, 15) is 5.11 Å². The number of nitrogens with zero attached hydrogens (tertiary/aromatic N) is 4. The van der Waals surface area contributed by atoms with E-state index in [0.717, 1.165) is 17.0 Å². The lowest BCUT2D eigenvalue weighted by atomic mass is 10.1. The zero-order valence-corrected chi connectivity index (χ0v) is 9.75. The van der Waals surface area contributed by atoms with Gasteiger partial charge in [-0.15, -0.1) is 0 Å². The molecule has 0 spiro atoms. The first kappa shape index (κ1) is 10.9. The molecule has 86 valence electrons. The molecule has 1 unspecified atom stereocenters. The highest BCUT2D eigenvalue weighted by molar-refractivity contribution is 5.20. The summed E-state index contributed by atoms with van der Waals surface area (Å²) in [6.45, 7) is 1.90. The molecule has 5 nitrogen and oxygen atoms in total. The predicted octanol–water partition coefficient (Wildman–Crippen LogP) is 0.738. The molecule has 0 aliphatic heterocycles. The van der Waals surface area contributed by atoms with Crippen molar-refractivity contribution in [1.29, 1.82) is 0 Å². The molecular weight excluding hydrogens is 204 g/mol. The highest BCUT2D eigenvalue weighted by Crippen LogP contribution is 2.19. The number of aliphatic hydroxyl groups excluding tert-OH is 1. The third-order valence-corrected chi connectivity index (χ3v) is 2.58. The van der Waals surface area contributed by atoms with Crippen LogP contribution in [0.15, 0.2) is 18.5 Å². The van der Waals surface area contributed by atoms with E-state index in [1.54, 1.807) is 9.36 Å². The van der Waals surface area contributed by atoms with E-state index >= 15 is 0 Å². The molecule has 0 saturated carbocycles. The Balaban J connectivity index is 2.14. The monoisotopic (exact) mass is 220 g/mol. The van der Waals surface area contributed by atoms with E-state index in [2.05, 4.69) is 10.2 Å². The van der Waals surface area contributed by atoms with Gasteiger partial charge in [0.2, 0.25) is 0 Å². The molecule has 1 N–H and O–H groups in total. The van der Waals surface area contributed by atoms with Crippen molar-refractivity contribution < 1.29 is 5.11 Å². The lowest BCUT2D eigenvalue weighted by molar-refractivity contribution is 0.176. The van der Waals surface area contributed by atoms with E-state index in [1.807, 2.05) is 39.5 Å². The van der Waals surface area contributed by atoms with Gasteiger partial charge < -0.3 is 5.11 Å². The average Bonchev–Trinajstić information content (AvgIpc) is 2.73. The maximum Gasteiger partial charge on any atom is 0.0879 e. The van der Waals surface area contributed by atoms with Crippen LogP contribution in [0.4, 0.5) is 0 Å². The van der Waals surface area contributed by atoms with Crippen molar-refractivity contribution in [3.63, 3.8) is 0 Å². The molecule has 5 heteroatoms. The lowest BCUT2D eigenvalue weighted by Gasteiger charge is -2.07. The van der Waals surface area contributed by atoms with Crippen molar-refractivity contribution in [3.05, 3.63) is 35.4 Å². The van der Waals surface area contributed by atoms with Gasteiger partial charge in [-0.3, -0.25) is 9.36 Å². The molecule has 2 rings (SSSR count). The summed E-state index contributed by atoms with van der Waals surface area (Å²) in [7, 11) is 3.72. The van der Waals surface area contributed by atoms with Gasteiger partial charge >= 0.3 is 0 Å². The van der Waals surface area contributed by atoms with Crippen molar-refractivity contribution in [1.82, 2.24) is 19.6 Å². The zero-order chi connectivity index (χ0) is 11.7. The third kappa shape index (κ3) is 2.14. The van der Waals surface area contributed by atoms with Crippen molar-refractivity contribution in [3.8, 4) is 0 Å². The van der Waals surface area contributed by atoms with Crippen LogP contribution in [0.2, 0.25) is 0 Å². The van der Waals surface area contributed by atoms with E-state index in [1.165, 1.54) is 0 Å². The van der Waals surface area contributed by atoms with E-state index in [-0.39, 0.29) is 0 Å². The first-order valence-electron chi connectivity index (χ1n) is 5.23. The van der Waals surface area contributed by atoms with Crippen molar-refractivity contribution in [2.45, 2.75) is 19.4 Å². The van der Waals surface area contributed by atoms with Crippen molar-refractivity contribution >= 4 is 0 Å². The molecule has 0 bridgehead atoms. The lowest BCUT2D eigenvalue weighted by Crippen LogP contribution is -2.03. The van der Waals surface area contributed by atoms with Crippen LogP contribution >= 0.6 is 0 Å². The smallest absolute Gasteiger partial charge is 0.0879 e. The number of aliphatic hydroxyl groups is 1.